The predicted molar refractivity (Wildman–Crippen MR) is 68.9 cm³/mol. The largest absolute Gasteiger partial charge is 0.497 e. The predicted octanol–water partition coefficient (Wildman–Crippen LogP) is 2.35. The van der Waals surface area contributed by atoms with E-state index in [-0.39, 0.29) is 0 Å². The van der Waals surface area contributed by atoms with Crippen LogP contribution in [-0.4, -0.2) is 16.9 Å². The molecule has 5 nitrogen and oxygen atoms in total. The van der Waals surface area contributed by atoms with Gasteiger partial charge in [-0.3, -0.25) is 4.68 Å². The van der Waals surface area contributed by atoms with Gasteiger partial charge < -0.3 is 10.1 Å². The Bertz CT molecular complexity index is 610. The van der Waals surface area contributed by atoms with Crippen LogP contribution in [0.3, 0.4) is 0 Å². The minimum atomic E-state index is 0.569. The van der Waals surface area contributed by atoms with Crippen LogP contribution in [0.2, 0.25) is 0 Å². The smallest absolute Gasteiger partial charge is 0.121 e. The van der Waals surface area contributed by atoms with Crippen molar-refractivity contribution in [3.63, 3.8) is 0 Å². The summed E-state index contributed by atoms with van der Waals surface area (Å²) in [6, 6.07) is 7.44. The van der Waals surface area contributed by atoms with Gasteiger partial charge in [0.15, 0.2) is 0 Å². The first-order valence-corrected chi connectivity index (χ1v) is 5.49. The van der Waals surface area contributed by atoms with Crippen molar-refractivity contribution < 1.29 is 4.74 Å². The monoisotopic (exact) mass is 242 g/mol. The Morgan fingerprint density at radius 2 is 2.17 bits per heavy atom. The summed E-state index contributed by atoms with van der Waals surface area (Å²) >= 11 is 0. The molecule has 92 valence electrons. The van der Waals surface area contributed by atoms with Crippen LogP contribution in [-0.2, 0) is 7.05 Å². The molecule has 5 heteroatoms. The summed E-state index contributed by atoms with van der Waals surface area (Å²) in [5, 5.41) is 16.5. The minimum Gasteiger partial charge on any atom is -0.497 e. The molecule has 1 heterocycles. The summed E-state index contributed by atoms with van der Waals surface area (Å²) < 4.78 is 6.88. The number of rotatable bonds is 3. The van der Waals surface area contributed by atoms with E-state index in [9.17, 15) is 0 Å². The number of aryl methyl sites for hydroxylation is 2. The Labute approximate surface area is 106 Å². The number of anilines is 2. The van der Waals surface area contributed by atoms with Crippen LogP contribution in [0.4, 0.5) is 11.4 Å². The Kier molecular flexibility index (Phi) is 3.20. The van der Waals surface area contributed by atoms with E-state index in [4.69, 9.17) is 10.00 Å². The van der Waals surface area contributed by atoms with Gasteiger partial charge in [0.25, 0.3) is 0 Å². The third kappa shape index (κ3) is 2.28. The number of aromatic nitrogens is 2. The molecule has 1 aromatic heterocycles. The van der Waals surface area contributed by atoms with Gasteiger partial charge in [-0.05, 0) is 19.1 Å². The van der Waals surface area contributed by atoms with Gasteiger partial charge >= 0.3 is 0 Å². The van der Waals surface area contributed by atoms with Crippen molar-refractivity contribution in [3.05, 3.63) is 35.7 Å². The van der Waals surface area contributed by atoms with E-state index in [1.54, 1.807) is 30.0 Å². The van der Waals surface area contributed by atoms with Gasteiger partial charge in [-0.1, -0.05) is 0 Å². The van der Waals surface area contributed by atoms with Crippen LogP contribution >= 0.6 is 0 Å². The number of methoxy groups -OCH3 is 1. The second-order valence-corrected chi connectivity index (χ2v) is 3.95. The Morgan fingerprint density at radius 3 is 2.72 bits per heavy atom. The van der Waals surface area contributed by atoms with E-state index in [0.717, 1.165) is 11.4 Å². The molecule has 0 radical (unpaired) electrons. The van der Waals surface area contributed by atoms with Crippen molar-refractivity contribution in [1.82, 2.24) is 9.78 Å². The average molecular weight is 242 g/mol. The summed E-state index contributed by atoms with van der Waals surface area (Å²) in [7, 11) is 3.45. The second-order valence-electron chi connectivity index (χ2n) is 3.95. The lowest BCUT2D eigenvalue weighted by molar-refractivity contribution is 0.415. The highest BCUT2D eigenvalue weighted by Gasteiger charge is 2.08. The number of hydrogen-bond acceptors (Lipinski definition) is 4. The van der Waals surface area contributed by atoms with Gasteiger partial charge in [0, 0.05) is 19.3 Å². The van der Waals surface area contributed by atoms with Crippen LogP contribution < -0.4 is 10.1 Å². The molecule has 1 N–H and O–H groups in total. The molecule has 0 amide bonds. The molecule has 0 saturated heterocycles. The first kappa shape index (κ1) is 12.0. The molecule has 0 unspecified atom stereocenters. The highest BCUT2D eigenvalue weighted by Crippen LogP contribution is 2.26. The van der Waals surface area contributed by atoms with Crippen molar-refractivity contribution in [2.45, 2.75) is 6.92 Å². The number of nitrogens with zero attached hydrogens (tertiary/aromatic N) is 3. The van der Waals surface area contributed by atoms with E-state index in [1.165, 1.54) is 0 Å². The molecule has 0 fully saturated rings. The maximum atomic E-state index is 9.08. The fourth-order valence-corrected chi connectivity index (χ4v) is 1.72. The Balaban J connectivity index is 2.38. The normalized spacial score (nSPS) is 9.89. The first-order valence-electron chi connectivity index (χ1n) is 5.49. The van der Waals surface area contributed by atoms with Gasteiger partial charge in [0.2, 0.25) is 0 Å². The molecular formula is C13H14N4O. The summed E-state index contributed by atoms with van der Waals surface area (Å²) in [5.74, 6) is 0.707. The first-order chi connectivity index (χ1) is 8.63. The molecule has 0 atom stereocenters. The van der Waals surface area contributed by atoms with Crippen LogP contribution in [0.5, 0.6) is 5.75 Å². The van der Waals surface area contributed by atoms with Crippen molar-refractivity contribution >= 4 is 11.4 Å². The van der Waals surface area contributed by atoms with Crippen molar-refractivity contribution in [2.24, 2.45) is 7.05 Å². The number of hydrogen-bond donors (Lipinski definition) is 1. The van der Waals surface area contributed by atoms with Crippen LogP contribution in [0, 0.1) is 18.3 Å². The maximum absolute atomic E-state index is 9.08. The maximum Gasteiger partial charge on any atom is 0.121 e. The summed E-state index contributed by atoms with van der Waals surface area (Å²) in [5.41, 5.74) is 3.04. The SMILES string of the molecule is COc1ccc(C#N)c(Nc2cn(C)nc2C)c1. The lowest BCUT2D eigenvalue weighted by Crippen LogP contribution is -1.95. The fourth-order valence-electron chi connectivity index (χ4n) is 1.72. The van der Waals surface area contributed by atoms with E-state index >= 15 is 0 Å². The summed E-state index contributed by atoms with van der Waals surface area (Å²) in [6.07, 6.45) is 1.87. The topological polar surface area (TPSA) is 62.9 Å². The molecule has 1 aromatic carbocycles. The van der Waals surface area contributed by atoms with Crippen molar-refractivity contribution in [2.75, 3.05) is 12.4 Å². The fraction of sp³-hybridized carbons (Fsp3) is 0.231. The molecular weight excluding hydrogens is 228 g/mol. The van der Waals surface area contributed by atoms with Crippen LogP contribution in [0.25, 0.3) is 0 Å². The van der Waals surface area contributed by atoms with Gasteiger partial charge in [-0.15, -0.1) is 0 Å². The minimum absolute atomic E-state index is 0.569. The zero-order valence-electron chi connectivity index (χ0n) is 10.6. The zero-order chi connectivity index (χ0) is 13.1. The van der Waals surface area contributed by atoms with Crippen molar-refractivity contribution in [3.8, 4) is 11.8 Å². The third-order valence-electron chi connectivity index (χ3n) is 2.63. The lowest BCUT2D eigenvalue weighted by atomic mass is 10.2. The molecule has 0 saturated carbocycles. The Hall–Kier alpha value is -2.48. The molecule has 0 aliphatic carbocycles. The van der Waals surface area contributed by atoms with Gasteiger partial charge in [0.1, 0.15) is 11.8 Å². The molecule has 18 heavy (non-hydrogen) atoms. The lowest BCUT2D eigenvalue weighted by Gasteiger charge is -2.08. The molecule has 0 aliphatic rings. The summed E-state index contributed by atoms with van der Waals surface area (Å²) in [6.45, 7) is 1.91. The third-order valence-corrected chi connectivity index (χ3v) is 2.63. The van der Waals surface area contributed by atoms with Crippen molar-refractivity contribution in [1.29, 1.82) is 5.26 Å². The highest BCUT2D eigenvalue weighted by atomic mass is 16.5. The Morgan fingerprint density at radius 1 is 1.39 bits per heavy atom. The summed E-state index contributed by atoms with van der Waals surface area (Å²) in [4.78, 5) is 0. The van der Waals surface area contributed by atoms with Crippen LogP contribution in [0.1, 0.15) is 11.3 Å². The average Bonchev–Trinajstić information content (AvgIpc) is 2.67. The van der Waals surface area contributed by atoms with Crippen LogP contribution in [0.15, 0.2) is 24.4 Å². The standard InChI is InChI=1S/C13H14N4O/c1-9-13(8-17(2)16-9)15-12-6-11(18-3)5-4-10(12)7-14/h4-6,8,15H,1-3H3. The molecule has 2 rings (SSSR count). The van der Waals surface area contributed by atoms with Gasteiger partial charge in [0.05, 0.1) is 29.7 Å². The molecule has 0 aliphatic heterocycles. The van der Waals surface area contributed by atoms with Gasteiger partial charge in [-0.2, -0.15) is 10.4 Å². The molecule has 0 bridgehead atoms. The van der Waals surface area contributed by atoms with E-state index < -0.39 is 0 Å². The van der Waals surface area contributed by atoms with Gasteiger partial charge in [-0.25, -0.2) is 0 Å². The van der Waals surface area contributed by atoms with E-state index in [0.29, 0.717) is 17.0 Å². The zero-order valence-corrected chi connectivity index (χ0v) is 10.6. The number of benzene rings is 1. The molecule has 2 aromatic rings. The second kappa shape index (κ2) is 4.80. The number of ether oxygens (including phenoxy) is 1. The number of nitriles is 1. The van der Waals surface area contributed by atoms with E-state index in [2.05, 4.69) is 16.5 Å². The van der Waals surface area contributed by atoms with E-state index in [1.807, 2.05) is 20.2 Å². The highest BCUT2D eigenvalue weighted by molar-refractivity contribution is 5.68. The number of nitrogens with one attached hydrogen (secondary N) is 1. The molecule has 0 spiro atoms. The quantitative estimate of drug-likeness (QED) is 0.897.